The van der Waals surface area contributed by atoms with Crippen LogP contribution in [0.3, 0.4) is 0 Å². The topological polar surface area (TPSA) is 55.4 Å². The van der Waals surface area contributed by atoms with E-state index in [0.29, 0.717) is 30.2 Å². The smallest absolute Gasteiger partial charge is 0.305 e. The van der Waals surface area contributed by atoms with Crippen LogP contribution in [0.1, 0.15) is 71.1 Å². The minimum absolute atomic E-state index is 0.109. The second-order valence-corrected chi connectivity index (χ2v) is 6.69. The fourth-order valence-electron chi connectivity index (χ4n) is 2.47. The van der Waals surface area contributed by atoms with E-state index in [4.69, 9.17) is 16.3 Å². The Balaban J connectivity index is 1.99. The number of halogens is 1. The quantitative estimate of drug-likeness (QED) is 0.357. The zero-order valence-electron chi connectivity index (χ0n) is 15.2. The molecule has 1 aromatic rings. The van der Waals surface area contributed by atoms with E-state index in [2.05, 4.69) is 12.2 Å². The van der Waals surface area contributed by atoms with E-state index < -0.39 is 0 Å². The molecule has 0 fully saturated rings. The number of rotatable bonds is 13. The third-order valence-corrected chi connectivity index (χ3v) is 4.18. The maximum absolute atomic E-state index is 11.8. The van der Waals surface area contributed by atoms with Crippen molar-refractivity contribution in [2.24, 2.45) is 0 Å². The number of carbonyl (C=O) groups excluding carboxylic acids is 2. The van der Waals surface area contributed by atoms with Gasteiger partial charge in [0.25, 0.3) is 0 Å². The molecule has 4 nitrogen and oxygen atoms in total. The highest BCUT2D eigenvalue weighted by Gasteiger charge is 2.07. The van der Waals surface area contributed by atoms with Crippen LogP contribution in [-0.4, -0.2) is 18.5 Å². The standard InChI is InChI=1S/C20H30ClNO3/c1-2-3-4-5-6-7-8-16-25-20(24)11-9-10-19(23)22-18-14-12-17(21)13-15-18/h12-15H,2-11,16H2,1H3,(H,22,23). The van der Waals surface area contributed by atoms with Crippen molar-refractivity contribution in [2.45, 2.75) is 71.1 Å². The number of esters is 1. The molecule has 0 bridgehead atoms. The fourth-order valence-corrected chi connectivity index (χ4v) is 2.59. The lowest BCUT2D eigenvalue weighted by Gasteiger charge is -2.06. The van der Waals surface area contributed by atoms with Gasteiger partial charge in [-0.2, -0.15) is 0 Å². The van der Waals surface area contributed by atoms with E-state index in [-0.39, 0.29) is 18.3 Å². The summed E-state index contributed by atoms with van der Waals surface area (Å²) in [5, 5.41) is 3.40. The molecule has 1 aromatic carbocycles. The molecule has 0 heterocycles. The number of benzene rings is 1. The van der Waals surface area contributed by atoms with Gasteiger partial charge in [-0.05, 0) is 37.1 Å². The van der Waals surface area contributed by atoms with E-state index in [9.17, 15) is 9.59 Å². The zero-order valence-corrected chi connectivity index (χ0v) is 15.9. The van der Waals surface area contributed by atoms with Crippen LogP contribution in [0.15, 0.2) is 24.3 Å². The van der Waals surface area contributed by atoms with Crippen LogP contribution in [0.2, 0.25) is 5.02 Å². The Kier molecular flexibility index (Phi) is 11.8. The summed E-state index contributed by atoms with van der Waals surface area (Å²) in [6.07, 6.45) is 9.46. The number of anilines is 1. The van der Waals surface area contributed by atoms with Crippen LogP contribution in [-0.2, 0) is 14.3 Å². The zero-order chi connectivity index (χ0) is 18.3. The minimum atomic E-state index is -0.217. The van der Waals surface area contributed by atoms with Crippen LogP contribution in [0.25, 0.3) is 0 Å². The molecule has 0 radical (unpaired) electrons. The van der Waals surface area contributed by atoms with Crippen molar-refractivity contribution in [2.75, 3.05) is 11.9 Å². The number of carbonyl (C=O) groups is 2. The van der Waals surface area contributed by atoms with Gasteiger partial charge in [0.2, 0.25) is 5.91 Å². The van der Waals surface area contributed by atoms with Gasteiger partial charge in [-0.25, -0.2) is 0 Å². The number of hydrogen-bond donors (Lipinski definition) is 1. The number of unbranched alkanes of at least 4 members (excludes halogenated alkanes) is 6. The molecule has 1 rings (SSSR count). The molecule has 25 heavy (non-hydrogen) atoms. The lowest BCUT2D eigenvalue weighted by molar-refractivity contribution is -0.143. The molecule has 0 aromatic heterocycles. The van der Waals surface area contributed by atoms with Crippen molar-refractivity contribution in [3.63, 3.8) is 0 Å². The Bertz CT molecular complexity index is 502. The summed E-state index contributed by atoms with van der Waals surface area (Å²) in [7, 11) is 0. The van der Waals surface area contributed by atoms with Crippen LogP contribution < -0.4 is 5.32 Å². The summed E-state index contributed by atoms with van der Waals surface area (Å²) in [5.74, 6) is -0.326. The Labute approximate surface area is 156 Å². The van der Waals surface area contributed by atoms with Gasteiger partial charge < -0.3 is 10.1 Å². The van der Waals surface area contributed by atoms with E-state index in [1.807, 2.05) is 0 Å². The summed E-state index contributed by atoms with van der Waals surface area (Å²) in [6, 6.07) is 6.93. The summed E-state index contributed by atoms with van der Waals surface area (Å²) in [6.45, 7) is 2.70. The highest BCUT2D eigenvalue weighted by molar-refractivity contribution is 6.30. The summed E-state index contributed by atoms with van der Waals surface area (Å²) >= 11 is 5.79. The first-order valence-corrected chi connectivity index (χ1v) is 9.70. The monoisotopic (exact) mass is 367 g/mol. The summed E-state index contributed by atoms with van der Waals surface area (Å²) < 4.78 is 5.20. The molecule has 0 aliphatic carbocycles. The number of ether oxygens (including phenoxy) is 1. The van der Waals surface area contributed by atoms with Crippen LogP contribution >= 0.6 is 11.6 Å². The summed E-state index contributed by atoms with van der Waals surface area (Å²) in [5.41, 5.74) is 0.705. The maximum Gasteiger partial charge on any atom is 0.305 e. The van der Waals surface area contributed by atoms with Gasteiger partial charge in [0.15, 0.2) is 0 Å². The first kappa shape index (κ1) is 21.5. The summed E-state index contributed by atoms with van der Waals surface area (Å²) in [4.78, 5) is 23.4. The molecule has 0 saturated heterocycles. The third-order valence-electron chi connectivity index (χ3n) is 3.92. The van der Waals surface area contributed by atoms with Crippen LogP contribution in [0, 0.1) is 0 Å². The second kappa shape index (κ2) is 13.7. The molecule has 0 aliphatic rings. The van der Waals surface area contributed by atoms with Crippen molar-refractivity contribution in [3.05, 3.63) is 29.3 Å². The van der Waals surface area contributed by atoms with Crippen molar-refractivity contribution >= 4 is 29.2 Å². The molecule has 0 aliphatic heterocycles. The molecule has 5 heteroatoms. The Morgan fingerprint density at radius 2 is 1.56 bits per heavy atom. The van der Waals surface area contributed by atoms with Gasteiger partial charge in [-0.15, -0.1) is 0 Å². The molecule has 0 spiro atoms. The van der Waals surface area contributed by atoms with Gasteiger partial charge in [0.1, 0.15) is 0 Å². The van der Waals surface area contributed by atoms with Crippen molar-refractivity contribution in [1.29, 1.82) is 0 Å². The first-order valence-electron chi connectivity index (χ1n) is 9.33. The molecule has 140 valence electrons. The fraction of sp³-hybridized carbons (Fsp3) is 0.600. The molecule has 0 saturated carbocycles. The third kappa shape index (κ3) is 11.6. The van der Waals surface area contributed by atoms with E-state index >= 15 is 0 Å². The normalized spacial score (nSPS) is 10.5. The highest BCUT2D eigenvalue weighted by Crippen LogP contribution is 2.14. The van der Waals surface area contributed by atoms with Gasteiger partial charge >= 0.3 is 5.97 Å². The molecule has 0 unspecified atom stereocenters. The van der Waals surface area contributed by atoms with Gasteiger partial charge in [-0.1, -0.05) is 57.0 Å². The lowest BCUT2D eigenvalue weighted by Crippen LogP contribution is -2.12. The van der Waals surface area contributed by atoms with Crippen molar-refractivity contribution < 1.29 is 14.3 Å². The lowest BCUT2D eigenvalue weighted by atomic mass is 10.1. The predicted octanol–water partition coefficient (Wildman–Crippen LogP) is 5.74. The second-order valence-electron chi connectivity index (χ2n) is 6.25. The number of nitrogens with one attached hydrogen (secondary N) is 1. The van der Waals surface area contributed by atoms with Gasteiger partial charge in [0, 0.05) is 23.6 Å². The van der Waals surface area contributed by atoms with E-state index in [0.717, 1.165) is 12.8 Å². The van der Waals surface area contributed by atoms with Crippen LogP contribution in [0.4, 0.5) is 5.69 Å². The molecule has 1 N–H and O–H groups in total. The average Bonchev–Trinajstić information content (AvgIpc) is 2.59. The highest BCUT2D eigenvalue weighted by atomic mass is 35.5. The number of amides is 1. The van der Waals surface area contributed by atoms with Gasteiger partial charge in [-0.3, -0.25) is 9.59 Å². The van der Waals surface area contributed by atoms with Crippen LogP contribution in [0.5, 0.6) is 0 Å². The van der Waals surface area contributed by atoms with Crippen molar-refractivity contribution in [3.8, 4) is 0 Å². The largest absolute Gasteiger partial charge is 0.466 e. The SMILES string of the molecule is CCCCCCCCCOC(=O)CCCC(=O)Nc1ccc(Cl)cc1. The Morgan fingerprint density at radius 3 is 2.24 bits per heavy atom. The molecular weight excluding hydrogens is 338 g/mol. The molecule has 1 amide bonds. The minimum Gasteiger partial charge on any atom is -0.466 e. The average molecular weight is 368 g/mol. The molecule has 0 atom stereocenters. The maximum atomic E-state index is 11.8. The van der Waals surface area contributed by atoms with Gasteiger partial charge in [0.05, 0.1) is 6.61 Å². The first-order chi connectivity index (χ1) is 12.1. The Hall–Kier alpha value is -1.55. The predicted molar refractivity (Wildman–Crippen MR) is 103 cm³/mol. The van der Waals surface area contributed by atoms with E-state index in [1.54, 1.807) is 24.3 Å². The Morgan fingerprint density at radius 1 is 0.920 bits per heavy atom. The van der Waals surface area contributed by atoms with Crippen molar-refractivity contribution in [1.82, 2.24) is 0 Å². The molecular formula is C20H30ClNO3. The van der Waals surface area contributed by atoms with E-state index in [1.165, 1.54) is 32.1 Å². The number of hydrogen-bond acceptors (Lipinski definition) is 3.